The lowest BCUT2D eigenvalue weighted by atomic mass is 10.1. The van der Waals surface area contributed by atoms with Crippen molar-refractivity contribution >= 4 is 59.2 Å². The molecule has 0 bridgehead atoms. The fourth-order valence-corrected chi connectivity index (χ4v) is 4.76. The van der Waals surface area contributed by atoms with Crippen LogP contribution in [0.1, 0.15) is 34.6 Å². The van der Waals surface area contributed by atoms with Crippen molar-refractivity contribution in [1.82, 2.24) is 10.2 Å². The number of hydrogen-bond donors (Lipinski definition) is 1. The van der Waals surface area contributed by atoms with E-state index in [9.17, 15) is 4.79 Å². The number of alkyl halides is 3. The van der Waals surface area contributed by atoms with E-state index in [4.69, 9.17) is 55.7 Å². The number of carbonyl (C=O) groups excluding carboxylic acids is 1. The number of amides is 1. The standard InChI is InChI=1S/C10H20Cl3N2O3PS/c1-6-17-19(20,18-7-2)15(9(3,4)5)14-8(16)10(11,12)13/h6-7H2,1-5H3,(H,14,16). The van der Waals surface area contributed by atoms with Crippen LogP contribution >= 0.6 is 41.4 Å². The van der Waals surface area contributed by atoms with Crippen molar-refractivity contribution in [3.63, 3.8) is 0 Å². The summed E-state index contributed by atoms with van der Waals surface area (Å²) < 4.78 is 10.4. The molecule has 0 aliphatic carbocycles. The Labute approximate surface area is 140 Å². The quantitative estimate of drug-likeness (QED) is 0.428. The van der Waals surface area contributed by atoms with Gasteiger partial charge in [-0.1, -0.05) is 34.8 Å². The summed E-state index contributed by atoms with van der Waals surface area (Å²) in [6, 6.07) is 0. The number of carbonyl (C=O) groups is 1. The number of rotatable bonds is 6. The lowest BCUT2D eigenvalue weighted by molar-refractivity contribution is -0.125. The normalized spacial score (nSPS) is 13.7. The largest absolute Gasteiger partial charge is 0.317 e. The molecule has 1 N–H and O–H groups in total. The molecule has 0 aliphatic rings. The lowest BCUT2D eigenvalue weighted by Gasteiger charge is -2.41. The monoisotopic (exact) mass is 384 g/mol. The van der Waals surface area contributed by atoms with Crippen LogP contribution in [0.25, 0.3) is 0 Å². The van der Waals surface area contributed by atoms with Gasteiger partial charge in [0.1, 0.15) is 0 Å². The Morgan fingerprint density at radius 3 is 1.85 bits per heavy atom. The summed E-state index contributed by atoms with van der Waals surface area (Å²) in [4.78, 5) is 11.9. The second-order valence-corrected chi connectivity index (χ2v) is 10.2. The fraction of sp³-hybridized carbons (Fsp3) is 0.900. The maximum Gasteiger partial charge on any atom is 0.286 e. The number of halogens is 3. The Balaban J connectivity index is 5.45. The van der Waals surface area contributed by atoms with Crippen molar-refractivity contribution in [3.05, 3.63) is 0 Å². The molecule has 0 saturated heterocycles. The minimum Gasteiger partial charge on any atom is -0.317 e. The minimum atomic E-state index is -2.92. The highest BCUT2D eigenvalue weighted by Crippen LogP contribution is 2.54. The fourth-order valence-electron chi connectivity index (χ4n) is 1.23. The van der Waals surface area contributed by atoms with Crippen LogP contribution in [0.3, 0.4) is 0 Å². The number of hydrogen-bond acceptors (Lipinski definition) is 4. The molecule has 0 unspecified atom stereocenters. The topological polar surface area (TPSA) is 50.8 Å². The highest BCUT2D eigenvalue weighted by Gasteiger charge is 2.41. The van der Waals surface area contributed by atoms with E-state index in [1.54, 1.807) is 13.8 Å². The van der Waals surface area contributed by atoms with E-state index < -0.39 is 21.9 Å². The summed E-state index contributed by atoms with van der Waals surface area (Å²) in [6.45, 7) is 6.86. The van der Waals surface area contributed by atoms with Gasteiger partial charge < -0.3 is 9.05 Å². The van der Waals surface area contributed by atoms with E-state index in [1.807, 2.05) is 20.8 Å². The van der Waals surface area contributed by atoms with Crippen molar-refractivity contribution in [2.24, 2.45) is 0 Å². The predicted octanol–water partition coefficient (Wildman–Crippen LogP) is 3.79. The van der Waals surface area contributed by atoms with Gasteiger partial charge in [-0.25, -0.2) is 0 Å². The van der Waals surface area contributed by atoms with E-state index in [0.717, 1.165) is 0 Å². The molecule has 0 heterocycles. The van der Waals surface area contributed by atoms with Gasteiger partial charge in [-0.3, -0.25) is 10.2 Å². The van der Waals surface area contributed by atoms with Crippen molar-refractivity contribution in [2.45, 2.75) is 44.0 Å². The Morgan fingerprint density at radius 2 is 1.60 bits per heavy atom. The first-order valence-corrected chi connectivity index (χ1v) is 9.68. The van der Waals surface area contributed by atoms with Gasteiger partial charge in [0.25, 0.3) is 16.3 Å². The van der Waals surface area contributed by atoms with Crippen LogP contribution in [0.5, 0.6) is 0 Å². The van der Waals surface area contributed by atoms with Crippen LogP contribution in [-0.4, -0.2) is 33.2 Å². The Hall–Kier alpha value is 0.870. The van der Waals surface area contributed by atoms with Gasteiger partial charge in [0.2, 0.25) is 0 Å². The van der Waals surface area contributed by atoms with Crippen molar-refractivity contribution in [2.75, 3.05) is 13.2 Å². The van der Waals surface area contributed by atoms with E-state index in [1.165, 1.54) is 4.78 Å². The molecule has 0 radical (unpaired) electrons. The van der Waals surface area contributed by atoms with E-state index >= 15 is 0 Å². The summed E-state index contributed by atoms with van der Waals surface area (Å²) in [6.07, 6.45) is 0. The second kappa shape index (κ2) is 7.93. The highest BCUT2D eigenvalue weighted by atomic mass is 35.6. The van der Waals surface area contributed by atoms with Gasteiger partial charge in [-0.05, 0) is 46.4 Å². The molecule has 120 valence electrons. The van der Waals surface area contributed by atoms with Crippen LogP contribution in [0.2, 0.25) is 0 Å². The Bertz CT molecular complexity index is 375. The molecule has 0 spiro atoms. The molecule has 1 amide bonds. The molecule has 0 aromatic carbocycles. The molecule has 0 saturated carbocycles. The Kier molecular flexibility index (Phi) is 8.27. The molecule has 5 nitrogen and oxygen atoms in total. The average molecular weight is 386 g/mol. The molecule has 0 fully saturated rings. The molecule has 0 atom stereocenters. The molecular weight excluding hydrogens is 366 g/mol. The first-order valence-electron chi connectivity index (χ1n) is 5.96. The molecule has 0 aromatic heterocycles. The maximum atomic E-state index is 11.9. The van der Waals surface area contributed by atoms with E-state index in [2.05, 4.69) is 5.43 Å². The van der Waals surface area contributed by atoms with E-state index in [0.29, 0.717) is 13.2 Å². The summed E-state index contributed by atoms with van der Waals surface area (Å²) in [5.74, 6) is -0.814. The third-order valence-corrected chi connectivity index (χ3v) is 5.93. The third kappa shape index (κ3) is 6.32. The molecular formula is C10H20Cl3N2O3PS. The summed E-state index contributed by atoms with van der Waals surface area (Å²) in [7, 11) is 0. The Morgan fingerprint density at radius 1 is 1.20 bits per heavy atom. The van der Waals surface area contributed by atoms with Crippen LogP contribution < -0.4 is 5.43 Å². The van der Waals surface area contributed by atoms with Crippen molar-refractivity contribution < 1.29 is 13.8 Å². The predicted molar refractivity (Wildman–Crippen MR) is 87.6 cm³/mol. The van der Waals surface area contributed by atoms with Gasteiger partial charge in [0, 0.05) is 5.54 Å². The molecule has 20 heavy (non-hydrogen) atoms. The van der Waals surface area contributed by atoms with Gasteiger partial charge in [-0.15, -0.1) is 4.78 Å². The van der Waals surface area contributed by atoms with Crippen LogP contribution in [-0.2, 0) is 25.6 Å². The highest BCUT2D eigenvalue weighted by molar-refractivity contribution is 8.08. The van der Waals surface area contributed by atoms with Crippen LogP contribution in [0.4, 0.5) is 0 Å². The zero-order valence-corrected chi connectivity index (χ0v) is 16.1. The van der Waals surface area contributed by atoms with Crippen LogP contribution in [0.15, 0.2) is 0 Å². The molecule has 0 aliphatic heterocycles. The number of nitrogens with one attached hydrogen (secondary N) is 1. The maximum absolute atomic E-state index is 11.9. The average Bonchev–Trinajstić information content (AvgIpc) is 2.22. The number of hydrazine groups is 1. The summed E-state index contributed by atoms with van der Waals surface area (Å²) >= 11 is 22.2. The van der Waals surface area contributed by atoms with Crippen molar-refractivity contribution in [1.29, 1.82) is 0 Å². The van der Waals surface area contributed by atoms with Gasteiger partial charge in [0.15, 0.2) is 0 Å². The first-order chi connectivity index (χ1) is 8.88. The third-order valence-electron chi connectivity index (χ3n) is 1.93. The molecule has 10 heteroatoms. The second-order valence-electron chi connectivity index (χ2n) is 4.73. The molecule has 0 rings (SSSR count). The SMILES string of the molecule is CCOP(=S)(OCC)N(NC(=O)C(Cl)(Cl)Cl)C(C)(C)C. The van der Waals surface area contributed by atoms with Gasteiger partial charge in [0.05, 0.1) is 13.2 Å². The lowest BCUT2D eigenvalue weighted by Crippen LogP contribution is -2.53. The summed E-state index contributed by atoms with van der Waals surface area (Å²) in [5.41, 5.74) is 1.92. The molecule has 0 aromatic rings. The minimum absolute atomic E-state index is 0.341. The zero-order valence-electron chi connectivity index (χ0n) is 12.1. The van der Waals surface area contributed by atoms with Crippen molar-refractivity contribution in [3.8, 4) is 0 Å². The van der Waals surface area contributed by atoms with Gasteiger partial charge >= 0.3 is 0 Å². The van der Waals surface area contributed by atoms with E-state index in [-0.39, 0.29) is 0 Å². The summed E-state index contributed by atoms with van der Waals surface area (Å²) in [5, 5.41) is 0. The first kappa shape index (κ1) is 20.9. The zero-order chi connectivity index (χ0) is 16.2. The van der Waals surface area contributed by atoms with Crippen LogP contribution in [0, 0.1) is 0 Å². The van der Waals surface area contributed by atoms with Gasteiger partial charge in [-0.2, -0.15) is 0 Å². The smallest absolute Gasteiger partial charge is 0.286 e. The number of nitrogens with zero attached hydrogens (tertiary/aromatic N) is 1.